The van der Waals surface area contributed by atoms with E-state index in [0.717, 1.165) is 48.3 Å². The third-order valence-corrected chi connectivity index (χ3v) is 7.99. The first-order valence-electron chi connectivity index (χ1n) is 9.78. The van der Waals surface area contributed by atoms with Crippen LogP contribution in [0.15, 0.2) is 28.9 Å². The molecule has 1 aliphatic rings. The van der Waals surface area contributed by atoms with Crippen LogP contribution in [0.2, 0.25) is 0 Å². The minimum absolute atomic E-state index is 0.571. The van der Waals surface area contributed by atoms with Crippen molar-refractivity contribution in [2.45, 2.75) is 29.4 Å². The van der Waals surface area contributed by atoms with Crippen LogP contribution >= 0.6 is 23.1 Å². The van der Waals surface area contributed by atoms with Gasteiger partial charge in [-0.1, -0.05) is 6.42 Å². The Morgan fingerprint density at radius 1 is 1.31 bits per heavy atom. The van der Waals surface area contributed by atoms with Crippen molar-refractivity contribution in [3.8, 4) is 11.3 Å². The van der Waals surface area contributed by atoms with Crippen LogP contribution in [0.5, 0.6) is 0 Å². The molecule has 0 atom stereocenters. The van der Waals surface area contributed by atoms with E-state index in [0.29, 0.717) is 12.5 Å². The van der Waals surface area contributed by atoms with Crippen LogP contribution in [-0.2, 0) is 11.8 Å². The number of ether oxygens (including phenoxy) is 1. The summed E-state index contributed by atoms with van der Waals surface area (Å²) >= 11 is 3.45. The molecule has 0 spiro atoms. The summed E-state index contributed by atoms with van der Waals surface area (Å²) in [5.41, 5.74) is 12.6. The van der Waals surface area contributed by atoms with Gasteiger partial charge in [0.25, 0.3) is 0 Å². The summed E-state index contributed by atoms with van der Waals surface area (Å²) in [6.45, 7) is 0.711. The van der Waals surface area contributed by atoms with Gasteiger partial charge < -0.3 is 15.0 Å². The minimum Gasteiger partial charge on any atom is -0.397 e. The van der Waals surface area contributed by atoms with Gasteiger partial charge in [0, 0.05) is 37.1 Å². The number of pyridine rings is 2. The molecule has 0 aromatic carbocycles. The van der Waals surface area contributed by atoms with Crippen LogP contribution < -0.4 is 5.73 Å². The lowest BCUT2D eigenvalue weighted by atomic mass is 9.79. The molecule has 1 aliphatic carbocycles. The number of imidazole rings is 1. The fourth-order valence-corrected chi connectivity index (χ4v) is 6.07. The average molecular weight is 426 g/mol. The lowest BCUT2D eigenvalue weighted by Crippen LogP contribution is -2.10. The maximum absolute atomic E-state index is 6.59. The highest BCUT2D eigenvalue weighted by Gasteiger charge is 2.26. The van der Waals surface area contributed by atoms with Crippen molar-refractivity contribution < 1.29 is 4.74 Å². The first-order valence-corrected chi connectivity index (χ1v) is 11.6. The first kappa shape index (κ1) is 18.8. The number of aryl methyl sites for hydroxylation is 1. The molecule has 0 unspecified atom stereocenters. The number of aromatic nitrogens is 4. The summed E-state index contributed by atoms with van der Waals surface area (Å²) in [5, 5.41) is 1.15. The van der Waals surface area contributed by atoms with Gasteiger partial charge in [0.05, 0.1) is 34.0 Å². The number of rotatable bonds is 6. The summed E-state index contributed by atoms with van der Waals surface area (Å²) in [5.74, 6) is 1.46. The SMILES string of the molecule is COCCSc1sc2nc(-c3cnc4ncn(C)c4c3)cc(C3CCC3)c2c1N. The van der Waals surface area contributed by atoms with Crippen LogP contribution in [0.1, 0.15) is 30.7 Å². The molecule has 6 nitrogen and oxygen atoms in total. The van der Waals surface area contributed by atoms with Gasteiger partial charge in [-0.05, 0) is 36.5 Å². The molecule has 1 saturated carbocycles. The van der Waals surface area contributed by atoms with E-state index in [9.17, 15) is 0 Å². The standard InChI is InChI=1S/C21H23N5OS2/c1-26-11-24-19-16(26)8-13(10-23-19)15-9-14(12-4-3-5-12)17-18(22)21(28-7-6-27-2)29-20(17)25-15/h8-12H,3-7,22H2,1-2H3. The van der Waals surface area contributed by atoms with Crippen LogP contribution in [0, 0.1) is 0 Å². The largest absolute Gasteiger partial charge is 0.397 e. The Hall–Kier alpha value is -2.16. The minimum atomic E-state index is 0.571. The molecule has 0 bridgehead atoms. The lowest BCUT2D eigenvalue weighted by molar-refractivity contribution is 0.218. The monoisotopic (exact) mass is 425 g/mol. The van der Waals surface area contributed by atoms with Gasteiger partial charge >= 0.3 is 0 Å². The average Bonchev–Trinajstić information content (AvgIpc) is 3.21. The van der Waals surface area contributed by atoms with Gasteiger partial charge in [0.2, 0.25) is 0 Å². The van der Waals surface area contributed by atoms with E-state index in [1.54, 1.807) is 36.5 Å². The summed E-state index contributed by atoms with van der Waals surface area (Å²) in [6, 6.07) is 4.36. The van der Waals surface area contributed by atoms with Crippen molar-refractivity contribution in [1.82, 2.24) is 19.5 Å². The highest BCUT2D eigenvalue weighted by atomic mass is 32.2. The molecule has 0 aliphatic heterocycles. The Labute approximate surface area is 177 Å². The van der Waals surface area contributed by atoms with Gasteiger partial charge in [-0.2, -0.15) is 0 Å². The molecule has 0 saturated heterocycles. The van der Waals surface area contributed by atoms with Crippen molar-refractivity contribution in [2.75, 3.05) is 25.2 Å². The predicted molar refractivity (Wildman–Crippen MR) is 121 cm³/mol. The quantitative estimate of drug-likeness (QED) is 0.352. The van der Waals surface area contributed by atoms with Crippen molar-refractivity contribution in [3.05, 3.63) is 30.2 Å². The van der Waals surface area contributed by atoms with Crippen molar-refractivity contribution in [1.29, 1.82) is 0 Å². The maximum Gasteiger partial charge on any atom is 0.177 e. The van der Waals surface area contributed by atoms with E-state index in [4.69, 9.17) is 15.5 Å². The number of nitrogen functional groups attached to an aromatic ring is 1. The van der Waals surface area contributed by atoms with Crippen LogP contribution in [0.4, 0.5) is 5.69 Å². The fourth-order valence-electron chi connectivity index (χ4n) is 3.79. The van der Waals surface area contributed by atoms with E-state index in [-0.39, 0.29) is 0 Å². The van der Waals surface area contributed by atoms with Crippen LogP contribution in [-0.4, -0.2) is 39.0 Å². The summed E-state index contributed by atoms with van der Waals surface area (Å²) in [6.07, 6.45) is 7.39. The van der Waals surface area contributed by atoms with E-state index in [1.165, 1.54) is 24.8 Å². The lowest BCUT2D eigenvalue weighted by Gasteiger charge is -2.27. The van der Waals surface area contributed by atoms with E-state index in [1.807, 2.05) is 17.8 Å². The molecule has 1 fully saturated rings. The Bertz CT molecular complexity index is 1190. The first-order chi connectivity index (χ1) is 14.2. The number of nitrogens with zero attached hydrogens (tertiary/aromatic N) is 4. The van der Waals surface area contributed by atoms with Crippen LogP contribution in [0.25, 0.3) is 32.6 Å². The predicted octanol–water partition coefficient (Wildman–Crippen LogP) is 4.83. The Balaban J connectivity index is 1.64. The molecule has 5 rings (SSSR count). The molecule has 4 heterocycles. The summed E-state index contributed by atoms with van der Waals surface area (Å²) in [7, 11) is 3.71. The number of fused-ring (bicyclic) bond motifs is 2. The van der Waals surface area contributed by atoms with Crippen molar-refractivity contribution in [3.63, 3.8) is 0 Å². The number of thiophene rings is 1. The van der Waals surface area contributed by atoms with E-state index < -0.39 is 0 Å². The number of hydrogen-bond donors (Lipinski definition) is 1. The molecular weight excluding hydrogens is 402 g/mol. The Kier molecular flexibility index (Phi) is 4.93. The topological polar surface area (TPSA) is 78.9 Å². The van der Waals surface area contributed by atoms with Gasteiger partial charge in [0.1, 0.15) is 4.83 Å². The zero-order chi connectivity index (χ0) is 20.0. The maximum atomic E-state index is 6.59. The van der Waals surface area contributed by atoms with Crippen molar-refractivity contribution in [2.24, 2.45) is 7.05 Å². The second-order valence-electron chi connectivity index (χ2n) is 7.47. The smallest absolute Gasteiger partial charge is 0.177 e. The van der Waals surface area contributed by atoms with Gasteiger partial charge in [-0.3, -0.25) is 0 Å². The third kappa shape index (κ3) is 3.29. The summed E-state index contributed by atoms with van der Waals surface area (Å²) in [4.78, 5) is 14.9. The van der Waals surface area contributed by atoms with Gasteiger partial charge in [0.15, 0.2) is 5.65 Å². The molecule has 0 amide bonds. The third-order valence-electron chi connectivity index (χ3n) is 5.64. The van der Waals surface area contributed by atoms with E-state index in [2.05, 4.69) is 22.1 Å². The number of anilines is 1. The Morgan fingerprint density at radius 3 is 2.93 bits per heavy atom. The molecule has 0 radical (unpaired) electrons. The molecule has 150 valence electrons. The molecule has 29 heavy (non-hydrogen) atoms. The van der Waals surface area contributed by atoms with Gasteiger partial charge in [-0.15, -0.1) is 23.1 Å². The normalized spacial score (nSPS) is 14.7. The zero-order valence-electron chi connectivity index (χ0n) is 16.5. The molecule has 4 aromatic rings. The highest BCUT2D eigenvalue weighted by molar-refractivity contribution is 8.01. The molecular formula is C21H23N5OS2. The number of thioether (sulfide) groups is 1. The zero-order valence-corrected chi connectivity index (χ0v) is 18.1. The molecule has 2 N–H and O–H groups in total. The second-order valence-corrected chi connectivity index (χ2v) is 9.83. The van der Waals surface area contributed by atoms with Crippen molar-refractivity contribution >= 4 is 50.2 Å². The van der Waals surface area contributed by atoms with Crippen LogP contribution in [0.3, 0.4) is 0 Å². The fraction of sp³-hybridized carbons (Fsp3) is 0.381. The summed E-state index contributed by atoms with van der Waals surface area (Å²) < 4.78 is 8.33. The second kappa shape index (κ2) is 7.59. The number of methoxy groups -OCH3 is 1. The Morgan fingerprint density at radius 2 is 2.17 bits per heavy atom. The van der Waals surface area contributed by atoms with Gasteiger partial charge in [-0.25, -0.2) is 15.0 Å². The number of hydrogen-bond acceptors (Lipinski definition) is 7. The molecule has 8 heteroatoms. The number of nitrogens with two attached hydrogens (primary N) is 1. The van der Waals surface area contributed by atoms with E-state index >= 15 is 0 Å². The molecule has 4 aromatic heterocycles. The highest BCUT2D eigenvalue weighted by Crippen LogP contribution is 2.47.